The van der Waals surface area contributed by atoms with Crippen molar-refractivity contribution >= 4 is 35.0 Å². The van der Waals surface area contributed by atoms with Crippen LogP contribution in [0.1, 0.15) is 15.9 Å². The predicted molar refractivity (Wildman–Crippen MR) is 92.9 cm³/mol. The van der Waals surface area contributed by atoms with E-state index in [1.807, 2.05) is 0 Å². The van der Waals surface area contributed by atoms with Crippen LogP contribution in [0.5, 0.6) is 11.5 Å². The molecule has 0 N–H and O–H groups in total. The molecule has 25 heavy (non-hydrogen) atoms. The normalized spacial score (nSPS) is 12.6. The molecular weight excluding hydrogens is 367 g/mol. The Balaban J connectivity index is 1.59. The van der Waals surface area contributed by atoms with Gasteiger partial charge in [-0.3, -0.25) is 9.59 Å². The Bertz CT molecular complexity index is 799. The van der Waals surface area contributed by atoms with E-state index < -0.39 is 5.97 Å². The Morgan fingerprint density at radius 2 is 1.68 bits per heavy atom. The summed E-state index contributed by atoms with van der Waals surface area (Å²) in [5, 5.41) is 0.755. The minimum atomic E-state index is -0.583. The number of halogens is 2. The maximum Gasteiger partial charge on any atom is 0.310 e. The summed E-state index contributed by atoms with van der Waals surface area (Å²) in [5.41, 5.74) is 0.857. The SMILES string of the molecule is O=C(Cc1c(Cl)cccc1Cl)OCC(=O)c1ccc2c(c1)OCCO2. The van der Waals surface area contributed by atoms with Gasteiger partial charge in [0, 0.05) is 21.2 Å². The van der Waals surface area contributed by atoms with Gasteiger partial charge in [-0.15, -0.1) is 0 Å². The number of ether oxygens (including phenoxy) is 3. The van der Waals surface area contributed by atoms with Crippen LogP contribution >= 0.6 is 23.2 Å². The highest BCUT2D eigenvalue weighted by Crippen LogP contribution is 2.31. The van der Waals surface area contributed by atoms with Crippen molar-refractivity contribution in [3.8, 4) is 11.5 Å². The monoisotopic (exact) mass is 380 g/mol. The van der Waals surface area contributed by atoms with Gasteiger partial charge in [-0.1, -0.05) is 29.3 Å². The van der Waals surface area contributed by atoms with Crippen LogP contribution in [0, 0.1) is 0 Å². The minimum absolute atomic E-state index is 0.104. The number of carbonyl (C=O) groups is 2. The van der Waals surface area contributed by atoms with Crippen LogP contribution in [0.25, 0.3) is 0 Å². The number of esters is 1. The van der Waals surface area contributed by atoms with Crippen LogP contribution in [0.3, 0.4) is 0 Å². The molecule has 0 aliphatic carbocycles. The van der Waals surface area contributed by atoms with Crippen molar-refractivity contribution in [1.29, 1.82) is 0 Å². The zero-order valence-electron chi connectivity index (χ0n) is 13.1. The molecule has 0 amide bonds. The smallest absolute Gasteiger partial charge is 0.310 e. The maximum absolute atomic E-state index is 12.2. The van der Waals surface area contributed by atoms with Crippen LogP contribution < -0.4 is 9.47 Å². The first-order chi connectivity index (χ1) is 12.0. The van der Waals surface area contributed by atoms with E-state index in [-0.39, 0.29) is 18.8 Å². The Labute approximate surface area is 154 Å². The number of benzene rings is 2. The lowest BCUT2D eigenvalue weighted by Gasteiger charge is -2.18. The Morgan fingerprint density at radius 1 is 1.00 bits per heavy atom. The van der Waals surface area contributed by atoms with Gasteiger partial charge < -0.3 is 14.2 Å². The van der Waals surface area contributed by atoms with Gasteiger partial charge in [0.1, 0.15) is 13.2 Å². The van der Waals surface area contributed by atoms with Gasteiger partial charge in [-0.2, -0.15) is 0 Å². The van der Waals surface area contributed by atoms with Gasteiger partial charge in [0.05, 0.1) is 6.42 Å². The second-order valence-electron chi connectivity index (χ2n) is 5.32. The maximum atomic E-state index is 12.2. The number of hydrogen-bond acceptors (Lipinski definition) is 5. The third-order valence-electron chi connectivity index (χ3n) is 3.61. The third-order valence-corrected chi connectivity index (χ3v) is 4.32. The summed E-state index contributed by atoms with van der Waals surface area (Å²) in [4.78, 5) is 24.1. The van der Waals surface area contributed by atoms with Gasteiger partial charge in [-0.05, 0) is 30.3 Å². The van der Waals surface area contributed by atoms with Crippen molar-refractivity contribution in [2.75, 3.05) is 19.8 Å². The highest BCUT2D eigenvalue weighted by Gasteiger charge is 2.17. The summed E-state index contributed by atoms with van der Waals surface area (Å²) in [7, 11) is 0. The average molecular weight is 381 g/mol. The summed E-state index contributed by atoms with van der Waals surface area (Å²) in [6.07, 6.45) is -0.104. The molecule has 0 saturated carbocycles. The highest BCUT2D eigenvalue weighted by atomic mass is 35.5. The van der Waals surface area contributed by atoms with Crippen molar-refractivity contribution in [2.45, 2.75) is 6.42 Å². The molecule has 5 nitrogen and oxygen atoms in total. The van der Waals surface area contributed by atoms with E-state index >= 15 is 0 Å². The largest absolute Gasteiger partial charge is 0.486 e. The van der Waals surface area contributed by atoms with Crippen LogP contribution in [0.2, 0.25) is 10.0 Å². The number of fused-ring (bicyclic) bond motifs is 1. The van der Waals surface area contributed by atoms with Crippen molar-refractivity contribution in [3.05, 3.63) is 57.6 Å². The Kier molecular flexibility index (Phi) is 5.46. The van der Waals surface area contributed by atoms with Gasteiger partial charge in [-0.25, -0.2) is 0 Å². The Morgan fingerprint density at radius 3 is 2.40 bits per heavy atom. The molecule has 130 valence electrons. The van der Waals surface area contributed by atoms with E-state index in [0.717, 1.165) is 0 Å². The molecule has 1 aliphatic rings. The van der Waals surface area contributed by atoms with Crippen LogP contribution in [-0.4, -0.2) is 31.6 Å². The van der Waals surface area contributed by atoms with Crippen LogP contribution in [0.4, 0.5) is 0 Å². The summed E-state index contributed by atoms with van der Waals surface area (Å²) in [6.45, 7) is 0.529. The van der Waals surface area contributed by atoms with E-state index in [0.29, 0.717) is 45.9 Å². The lowest BCUT2D eigenvalue weighted by molar-refractivity contribution is -0.141. The molecule has 3 rings (SSSR count). The standard InChI is InChI=1S/C18H14Cl2O5/c19-13-2-1-3-14(20)12(13)9-18(22)25-10-15(21)11-4-5-16-17(8-11)24-7-6-23-16/h1-5,8H,6-7,9-10H2. The molecule has 7 heteroatoms. The topological polar surface area (TPSA) is 61.8 Å². The fourth-order valence-corrected chi connectivity index (χ4v) is 2.87. The second-order valence-corrected chi connectivity index (χ2v) is 6.13. The molecule has 0 unspecified atom stereocenters. The summed E-state index contributed by atoms with van der Waals surface area (Å²) < 4.78 is 15.9. The molecule has 0 bridgehead atoms. The fraction of sp³-hybridized carbons (Fsp3) is 0.222. The molecule has 0 spiro atoms. The van der Waals surface area contributed by atoms with Crippen LogP contribution in [-0.2, 0) is 16.0 Å². The summed E-state index contributed by atoms with van der Waals surface area (Å²) in [6, 6.07) is 9.80. The molecule has 2 aromatic rings. The Hall–Kier alpha value is -2.24. The quantitative estimate of drug-likeness (QED) is 0.584. The van der Waals surface area contributed by atoms with Crippen molar-refractivity contribution < 1.29 is 23.8 Å². The van der Waals surface area contributed by atoms with E-state index in [2.05, 4.69) is 0 Å². The molecule has 0 atom stereocenters. The molecular formula is C18H14Cl2O5. The molecule has 1 heterocycles. The molecule has 0 saturated heterocycles. The second kappa shape index (κ2) is 7.76. The molecule has 1 aliphatic heterocycles. The van der Waals surface area contributed by atoms with Gasteiger partial charge in [0.25, 0.3) is 0 Å². The van der Waals surface area contributed by atoms with Gasteiger partial charge >= 0.3 is 5.97 Å². The molecule has 0 radical (unpaired) electrons. The van der Waals surface area contributed by atoms with Crippen LogP contribution in [0.15, 0.2) is 36.4 Å². The van der Waals surface area contributed by atoms with Crippen molar-refractivity contribution in [1.82, 2.24) is 0 Å². The molecule has 0 aromatic heterocycles. The number of carbonyl (C=O) groups excluding carboxylic acids is 2. The van der Waals surface area contributed by atoms with E-state index in [4.69, 9.17) is 37.4 Å². The van der Waals surface area contributed by atoms with Gasteiger partial charge in [0.2, 0.25) is 0 Å². The first kappa shape index (κ1) is 17.6. The number of Topliss-reactive ketones (excluding diaryl/α,β-unsaturated/α-hetero) is 1. The summed E-state index contributed by atoms with van der Waals surface area (Å²) >= 11 is 12.0. The predicted octanol–water partition coefficient (Wildman–Crippen LogP) is 3.73. The average Bonchev–Trinajstić information content (AvgIpc) is 2.62. The first-order valence-electron chi connectivity index (χ1n) is 7.56. The molecule has 2 aromatic carbocycles. The highest BCUT2D eigenvalue weighted by molar-refractivity contribution is 6.36. The van der Waals surface area contributed by atoms with Gasteiger partial charge in [0.15, 0.2) is 23.9 Å². The fourth-order valence-electron chi connectivity index (χ4n) is 2.34. The van der Waals surface area contributed by atoms with Crippen molar-refractivity contribution in [2.24, 2.45) is 0 Å². The summed E-state index contributed by atoms with van der Waals surface area (Å²) in [5.74, 6) is 0.177. The lowest BCUT2D eigenvalue weighted by Crippen LogP contribution is -2.18. The lowest BCUT2D eigenvalue weighted by atomic mass is 10.1. The number of ketones is 1. The van der Waals surface area contributed by atoms with E-state index in [9.17, 15) is 9.59 Å². The number of hydrogen-bond donors (Lipinski definition) is 0. The minimum Gasteiger partial charge on any atom is -0.486 e. The zero-order valence-corrected chi connectivity index (χ0v) is 14.6. The van der Waals surface area contributed by atoms with Crippen molar-refractivity contribution in [3.63, 3.8) is 0 Å². The third kappa shape index (κ3) is 4.24. The number of rotatable bonds is 5. The molecule has 0 fully saturated rings. The first-order valence-corrected chi connectivity index (χ1v) is 8.31. The zero-order chi connectivity index (χ0) is 17.8. The van der Waals surface area contributed by atoms with E-state index in [1.165, 1.54) is 0 Å². The van der Waals surface area contributed by atoms with E-state index in [1.54, 1.807) is 36.4 Å².